The molecule has 1 aromatic heterocycles. The molecule has 7 nitrogen and oxygen atoms in total. The van der Waals surface area contributed by atoms with Crippen LogP contribution < -0.4 is 15.2 Å². The fourth-order valence-electron chi connectivity index (χ4n) is 2.98. The molecule has 0 spiro atoms. The first-order valence-electron chi connectivity index (χ1n) is 9.13. The summed E-state index contributed by atoms with van der Waals surface area (Å²) in [5.74, 6) is -0.252. The number of amides is 1. The van der Waals surface area contributed by atoms with Crippen molar-refractivity contribution < 1.29 is 28.3 Å². The predicted molar refractivity (Wildman–Crippen MR) is 103 cm³/mol. The molecule has 0 saturated heterocycles. The quantitative estimate of drug-likeness (QED) is 0.656. The van der Waals surface area contributed by atoms with Crippen LogP contribution in [0, 0.1) is 13.8 Å². The third-order valence-corrected chi connectivity index (χ3v) is 4.06. The van der Waals surface area contributed by atoms with Crippen molar-refractivity contribution in [3.63, 3.8) is 0 Å². The maximum Gasteiger partial charge on any atom is 0.287 e. The molecule has 1 atom stereocenters. The van der Waals surface area contributed by atoms with Crippen molar-refractivity contribution in [2.24, 2.45) is 0 Å². The number of benzene rings is 1. The SMILES string of the molecule is Cc1cccc(OCc2cc(C)c(C(=O)N[C@H](CC(=O)[O-])C[N+](C)(C)C)o2)c1. The van der Waals surface area contributed by atoms with Gasteiger partial charge in [-0.05, 0) is 37.6 Å². The van der Waals surface area contributed by atoms with E-state index in [0.29, 0.717) is 22.4 Å². The van der Waals surface area contributed by atoms with Crippen molar-refractivity contribution in [2.45, 2.75) is 32.9 Å². The van der Waals surface area contributed by atoms with E-state index in [-0.39, 0.29) is 18.8 Å². The molecule has 7 heteroatoms. The van der Waals surface area contributed by atoms with Crippen molar-refractivity contribution in [3.8, 4) is 5.75 Å². The number of hydrogen-bond donors (Lipinski definition) is 1. The molecule has 1 N–H and O–H groups in total. The fraction of sp³-hybridized carbons (Fsp3) is 0.429. The van der Waals surface area contributed by atoms with Crippen LogP contribution >= 0.6 is 0 Å². The number of furan rings is 1. The van der Waals surface area contributed by atoms with Crippen LogP contribution in [-0.4, -0.2) is 50.1 Å². The zero-order chi connectivity index (χ0) is 20.9. The summed E-state index contributed by atoms with van der Waals surface area (Å²) >= 11 is 0. The van der Waals surface area contributed by atoms with E-state index in [0.717, 1.165) is 11.3 Å². The van der Waals surface area contributed by atoms with E-state index in [1.165, 1.54) is 0 Å². The molecule has 1 heterocycles. The van der Waals surface area contributed by atoms with Crippen molar-refractivity contribution in [2.75, 3.05) is 27.7 Å². The number of ether oxygens (including phenoxy) is 1. The Morgan fingerprint density at radius 3 is 2.54 bits per heavy atom. The molecule has 0 fully saturated rings. The van der Waals surface area contributed by atoms with Crippen LogP contribution in [0.15, 0.2) is 34.7 Å². The molecule has 0 unspecified atom stereocenters. The van der Waals surface area contributed by atoms with E-state index in [4.69, 9.17) is 9.15 Å². The molecule has 0 saturated carbocycles. The van der Waals surface area contributed by atoms with Gasteiger partial charge in [0.05, 0.1) is 33.7 Å². The lowest BCUT2D eigenvalue weighted by molar-refractivity contribution is -0.871. The highest BCUT2D eigenvalue weighted by Gasteiger charge is 2.24. The zero-order valence-corrected chi connectivity index (χ0v) is 17.1. The van der Waals surface area contributed by atoms with E-state index in [2.05, 4.69) is 5.32 Å². The Bertz CT molecular complexity index is 836. The van der Waals surface area contributed by atoms with Gasteiger partial charge in [0.15, 0.2) is 5.76 Å². The molecule has 1 amide bonds. The van der Waals surface area contributed by atoms with Gasteiger partial charge in [0.2, 0.25) is 0 Å². The molecule has 0 bridgehead atoms. The molecular formula is C21H28N2O5. The first-order chi connectivity index (χ1) is 13.0. The topological polar surface area (TPSA) is 91.6 Å². The Labute approximate surface area is 165 Å². The van der Waals surface area contributed by atoms with Crippen molar-refractivity contribution in [1.29, 1.82) is 0 Å². The number of aryl methyl sites for hydroxylation is 2. The molecule has 0 radical (unpaired) electrons. The monoisotopic (exact) mass is 388 g/mol. The highest BCUT2D eigenvalue weighted by molar-refractivity contribution is 5.93. The van der Waals surface area contributed by atoms with Gasteiger partial charge in [0.1, 0.15) is 18.1 Å². The van der Waals surface area contributed by atoms with Gasteiger partial charge in [-0.2, -0.15) is 0 Å². The summed E-state index contributed by atoms with van der Waals surface area (Å²) in [5, 5.41) is 13.8. The maximum absolute atomic E-state index is 12.6. The molecule has 0 aliphatic carbocycles. The minimum atomic E-state index is -1.21. The molecular weight excluding hydrogens is 360 g/mol. The van der Waals surface area contributed by atoms with Crippen LogP contribution in [-0.2, 0) is 11.4 Å². The second kappa shape index (κ2) is 8.93. The predicted octanol–water partition coefficient (Wildman–Crippen LogP) is 1.42. The van der Waals surface area contributed by atoms with Crippen molar-refractivity contribution in [1.82, 2.24) is 5.32 Å². The van der Waals surface area contributed by atoms with Crippen LogP contribution in [0.2, 0.25) is 0 Å². The van der Waals surface area contributed by atoms with Gasteiger partial charge in [-0.3, -0.25) is 4.79 Å². The lowest BCUT2D eigenvalue weighted by atomic mass is 10.1. The second-order valence-corrected chi connectivity index (χ2v) is 8.05. The fourth-order valence-corrected chi connectivity index (χ4v) is 2.98. The average Bonchev–Trinajstić information content (AvgIpc) is 2.92. The number of likely N-dealkylation sites (N-methyl/N-ethyl adjacent to an activating group) is 1. The van der Waals surface area contributed by atoms with E-state index >= 15 is 0 Å². The standard InChI is InChI=1S/C21H28N2O5/c1-14-7-6-8-17(9-14)27-13-18-10-15(2)20(28-18)21(26)22-16(11-19(24)25)12-23(3,4)5/h6-10,16H,11-13H2,1-5H3,(H-,22,24,25,26)/t16-/m1/s1. The number of carbonyl (C=O) groups is 2. The number of hydrogen-bond acceptors (Lipinski definition) is 5. The van der Waals surface area contributed by atoms with Crippen molar-refractivity contribution >= 4 is 11.9 Å². The normalized spacial score (nSPS) is 12.5. The van der Waals surface area contributed by atoms with E-state index < -0.39 is 17.9 Å². The van der Waals surface area contributed by atoms with E-state index in [1.807, 2.05) is 52.3 Å². The minimum absolute atomic E-state index is 0.160. The Morgan fingerprint density at radius 1 is 1.21 bits per heavy atom. The van der Waals surface area contributed by atoms with Gasteiger partial charge in [-0.15, -0.1) is 0 Å². The lowest BCUT2D eigenvalue weighted by Gasteiger charge is -2.29. The minimum Gasteiger partial charge on any atom is -0.550 e. The molecule has 152 valence electrons. The number of nitrogens with one attached hydrogen (secondary N) is 1. The molecule has 2 aromatic rings. The largest absolute Gasteiger partial charge is 0.550 e. The van der Waals surface area contributed by atoms with Crippen LogP contribution in [0.5, 0.6) is 5.75 Å². The summed E-state index contributed by atoms with van der Waals surface area (Å²) < 4.78 is 11.9. The number of carbonyl (C=O) groups excluding carboxylic acids is 2. The lowest BCUT2D eigenvalue weighted by Crippen LogP contribution is -2.50. The van der Waals surface area contributed by atoms with Gasteiger partial charge >= 0.3 is 0 Å². The summed E-state index contributed by atoms with van der Waals surface area (Å²) in [6.45, 7) is 4.38. The first kappa shape index (κ1) is 21.5. The van der Waals surface area contributed by atoms with Gasteiger partial charge in [-0.1, -0.05) is 12.1 Å². The third-order valence-electron chi connectivity index (χ3n) is 4.06. The molecule has 0 aliphatic rings. The maximum atomic E-state index is 12.6. The van der Waals surface area contributed by atoms with Crippen LogP contribution in [0.25, 0.3) is 0 Å². The molecule has 1 aromatic carbocycles. The number of rotatable bonds is 9. The van der Waals surface area contributed by atoms with E-state index in [9.17, 15) is 14.7 Å². The zero-order valence-electron chi connectivity index (χ0n) is 17.1. The average molecular weight is 388 g/mol. The number of quaternary nitrogens is 1. The second-order valence-electron chi connectivity index (χ2n) is 8.05. The van der Waals surface area contributed by atoms with Gasteiger partial charge in [0.25, 0.3) is 5.91 Å². The summed E-state index contributed by atoms with van der Waals surface area (Å²) in [6.07, 6.45) is -0.260. The molecule has 2 rings (SSSR count). The Kier molecular flexibility index (Phi) is 6.85. The van der Waals surface area contributed by atoms with Gasteiger partial charge in [0, 0.05) is 18.0 Å². The first-order valence-corrected chi connectivity index (χ1v) is 9.13. The van der Waals surface area contributed by atoms with Gasteiger partial charge in [-0.25, -0.2) is 0 Å². The van der Waals surface area contributed by atoms with Crippen LogP contribution in [0.4, 0.5) is 0 Å². The van der Waals surface area contributed by atoms with Crippen LogP contribution in [0.3, 0.4) is 0 Å². The van der Waals surface area contributed by atoms with Crippen molar-refractivity contribution in [3.05, 3.63) is 53.0 Å². The van der Waals surface area contributed by atoms with E-state index in [1.54, 1.807) is 13.0 Å². The Morgan fingerprint density at radius 2 is 1.93 bits per heavy atom. The Hall–Kier alpha value is -2.80. The van der Waals surface area contributed by atoms with Gasteiger partial charge < -0.3 is 28.9 Å². The number of carboxylic acids is 1. The summed E-state index contributed by atoms with van der Waals surface area (Å²) in [6, 6.07) is 8.84. The van der Waals surface area contributed by atoms with Crippen LogP contribution in [0.1, 0.15) is 33.9 Å². The number of nitrogens with zero attached hydrogens (tertiary/aromatic N) is 1. The molecule has 28 heavy (non-hydrogen) atoms. The highest BCUT2D eigenvalue weighted by Crippen LogP contribution is 2.19. The summed E-state index contributed by atoms with van der Waals surface area (Å²) in [4.78, 5) is 23.6. The number of carboxylic acid groups (broad SMARTS) is 1. The number of aliphatic carboxylic acids is 1. The summed E-state index contributed by atoms with van der Waals surface area (Å²) in [5.41, 5.74) is 1.75. The smallest absolute Gasteiger partial charge is 0.287 e. The summed E-state index contributed by atoms with van der Waals surface area (Å²) in [7, 11) is 5.77. The third kappa shape index (κ3) is 6.74. The highest BCUT2D eigenvalue weighted by atomic mass is 16.5. The molecule has 0 aliphatic heterocycles. The Balaban J connectivity index is 2.05.